The summed E-state index contributed by atoms with van der Waals surface area (Å²) in [6.07, 6.45) is 0.997. The number of hydrogen-bond donors (Lipinski definition) is 3. The van der Waals surface area contributed by atoms with Crippen molar-refractivity contribution < 1.29 is 19.7 Å². The highest BCUT2D eigenvalue weighted by atomic mass is 16.6. The van der Waals surface area contributed by atoms with E-state index in [0.29, 0.717) is 17.6 Å². The lowest BCUT2D eigenvalue weighted by molar-refractivity contribution is -0.108. The fourth-order valence-electron chi connectivity index (χ4n) is 3.46. The van der Waals surface area contributed by atoms with Gasteiger partial charge in [0.2, 0.25) is 0 Å². The number of nitrogens with two attached hydrogens (primary N) is 1. The van der Waals surface area contributed by atoms with E-state index in [2.05, 4.69) is 15.0 Å². The van der Waals surface area contributed by atoms with Crippen LogP contribution in [0.1, 0.15) is 19.6 Å². The van der Waals surface area contributed by atoms with E-state index >= 15 is 0 Å². The van der Waals surface area contributed by atoms with E-state index in [1.807, 2.05) is 6.92 Å². The molecule has 2 fully saturated rings. The standard InChI is InChI=1S/C13H17N5O4/c1-6-2-13(3-19)9(21-6)8(20)12(22-13)18-5-17-7-10(14)15-4-16-11(7)18/h4-6,8-9,12,19-20H,2-3H2,1H3,(H2,14,15,16)/t6?,8-,9+,12-,13-/m1/s1. The number of anilines is 1. The minimum atomic E-state index is -0.939. The van der Waals surface area contributed by atoms with E-state index in [-0.39, 0.29) is 18.5 Å². The SMILES string of the molecule is CC1C[C@]2(CO)O[C@@H](n3cnc4c(N)ncnc43)[C@H](O)[C@@H]2O1. The van der Waals surface area contributed by atoms with E-state index < -0.39 is 24.0 Å². The van der Waals surface area contributed by atoms with E-state index in [4.69, 9.17) is 15.2 Å². The summed E-state index contributed by atoms with van der Waals surface area (Å²) in [4.78, 5) is 12.2. The number of imidazole rings is 1. The van der Waals surface area contributed by atoms with Crippen LogP contribution in [0.25, 0.3) is 11.2 Å². The quantitative estimate of drug-likeness (QED) is 0.658. The molecule has 0 amide bonds. The molecular weight excluding hydrogens is 290 g/mol. The topological polar surface area (TPSA) is 129 Å². The molecule has 4 N–H and O–H groups in total. The molecule has 1 unspecified atom stereocenters. The van der Waals surface area contributed by atoms with Crippen molar-refractivity contribution in [2.24, 2.45) is 0 Å². The predicted molar refractivity (Wildman–Crippen MR) is 74.6 cm³/mol. The van der Waals surface area contributed by atoms with Crippen molar-refractivity contribution >= 4 is 17.0 Å². The number of nitrogen functional groups attached to an aromatic ring is 1. The molecule has 2 aliphatic rings. The molecule has 2 aromatic heterocycles. The number of rotatable bonds is 2. The maximum Gasteiger partial charge on any atom is 0.167 e. The minimum Gasteiger partial charge on any atom is -0.393 e. The fourth-order valence-corrected chi connectivity index (χ4v) is 3.46. The molecule has 0 bridgehead atoms. The Kier molecular flexibility index (Phi) is 2.89. The first-order chi connectivity index (χ1) is 10.6. The lowest BCUT2D eigenvalue weighted by Crippen LogP contribution is -2.42. The Morgan fingerprint density at radius 2 is 2.27 bits per heavy atom. The lowest BCUT2D eigenvalue weighted by atomic mass is 9.94. The maximum absolute atomic E-state index is 10.6. The number of aliphatic hydroxyl groups excluding tert-OH is 2. The number of fused-ring (bicyclic) bond motifs is 2. The van der Waals surface area contributed by atoms with Crippen molar-refractivity contribution in [1.29, 1.82) is 0 Å². The molecule has 2 aromatic rings. The Morgan fingerprint density at radius 1 is 1.45 bits per heavy atom. The summed E-state index contributed by atoms with van der Waals surface area (Å²) in [5.41, 5.74) is 5.78. The highest BCUT2D eigenvalue weighted by Crippen LogP contribution is 2.47. The summed E-state index contributed by atoms with van der Waals surface area (Å²) < 4.78 is 13.3. The van der Waals surface area contributed by atoms with E-state index in [0.717, 1.165) is 0 Å². The number of aliphatic hydroxyl groups is 2. The van der Waals surface area contributed by atoms with Gasteiger partial charge in [0.25, 0.3) is 0 Å². The molecule has 0 saturated carbocycles. The maximum atomic E-state index is 10.6. The van der Waals surface area contributed by atoms with Crippen LogP contribution < -0.4 is 5.73 Å². The van der Waals surface area contributed by atoms with Gasteiger partial charge in [0, 0.05) is 6.42 Å². The van der Waals surface area contributed by atoms with Crippen LogP contribution in [0.2, 0.25) is 0 Å². The molecule has 9 nitrogen and oxygen atoms in total. The largest absolute Gasteiger partial charge is 0.393 e. The van der Waals surface area contributed by atoms with Gasteiger partial charge in [0.1, 0.15) is 29.7 Å². The second-order valence-electron chi connectivity index (χ2n) is 5.88. The fraction of sp³-hybridized carbons (Fsp3) is 0.615. The molecule has 4 heterocycles. The second-order valence-corrected chi connectivity index (χ2v) is 5.88. The first kappa shape index (κ1) is 13.8. The highest BCUT2D eigenvalue weighted by Gasteiger charge is 2.60. The normalized spacial score (nSPS) is 37.8. The Labute approximate surface area is 125 Å². The number of ether oxygens (including phenoxy) is 2. The zero-order chi connectivity index (χ0) is 15.5. The minimum absolute atomic E-state index is 0.0785. The molecular formula is C13H17N5O4. The van der Waals surface area contributed by atoms with Crippen molar-refractivity contribution in [2.45, 2.75) is 43.5 Å². The third-order valence-corrected chi connectivity index (χ3v) is 4.42. The molecule has 22 heavy (non-hydrogen) atoms. The summed E-state index contributed by atoms with van der Waals surface area (Å²) in [5, 5.41) is 20.3. The first-order valence-corrected chi connectivity index (χ1v) is 7.11. The molecule has 9 heteroatoms. The van der Waals surface area contributed by atoms with E-state index in [9.17, 15) is 10.2 Å². The van der Waals surface area contributed by atoms with Crippen LogP contribution in [-0.2, 0) is 9.47 Å². The van der Waals surface area contributed by atoms with Gasteiger partial charge in [-0.05, 0) is 6.92 Å². The molecule has 0 aromatic carbocycles. The van der Waals surface area contributed by atoms with Gasteiger partial charge in [-0.2, -0.15) is 0 Å². The van der Waals surface area contributed by atoms with E-state index in [1.54, 1.807) is 4.57 Å². The molecule has 0 spiro atoms. The zero-order valence-corrected chi connectivity index (χ0v) is 12.0. The molecule has 5 atom stereocenters. The summed E-state index contributed by atoms with van der Waals surface area (Å²) in [6.45, 7) is 1.67. The highest BCUT2D eigenvalue weighted by molar-refractivity contribution is 5.81. The first-order valence-electron chi connectivity index (χ1n) is 7.11. The van der Waals surface area contributed by atoms with Crippen LogP contribution in [0.15, 0.2) is 12.7 Å². The van der Waals surface area contributed by atoms with E-state index in [1.165, 1.54) is 12.7 Å². The zero-order valence-electron chi connectivity index (χ0n) is 12.0. The van der Waals surface area contributed by atoms with Crippen LogP contribution in [0.3, 0.4) is 0 Å². The Bertz CT molecular complexity index is 722. The van der Waals surface area contributed by atoms with Crippen molar-refractivity contribution in [3.05, 3.63) is 12.7 Å². The van der Waals surface area contributed by atoms with Gasteiger partial charge in [0.05, 0.1) is 19.0 Å². The molecule has 118 valence electrons. The van der Waals surface area contributed by atoms with Gasteiger partial charge in [-0.1, -0.05) is 0 Å². The van der Waals surface area contributed by atoms with Gasteiger partial charge >= 0.3 is 0 Å². The van der Waals surface area contributed by atoms with Gasteiger partial charge in [-0.3, -0.25) is 4.57 Å². The third-order valence-electron chi connectivity index (χ3n) is 4.42. The Balaban J connectivity index is 1.76. The molecule has 4 rings (SSSR count). The van der Waals surface area contributed by atoms with Gasteiger partial charge in [-0.25, -0.2) is 15.0 Å². The summed E-state index contributed by atoms with van der Waals surface area (Å²) in [7, 11) is 0. The van der Waals surface area contributed by atoms with Crippen LogP contribution in [0, 0.1) is 0 Å². The molecule has 2 aliphatic heterocycles. The monoisotopic (exact) mass is 307 g/mol. The molecule has 2 saturated heterocycles. The van der Waals surface area contributed by atoms with Crippen molar-refractivity contribution in [3.8, 4) is 0 Å². The molecule has 0 radical (unpaired) electrons. The summed E-state index contributed by atoms with van der Waals surface area (Å²) in [5.74, 6) is 0.262. The Hall–Kier alpha value is -1.81. The van der Waals surface area contributed by atoms with Crippen LogP contribution in [-0.4, -0.2) is 60.3 Å². The number of nitrogens with zero attached hydrogens (tertiary/aromatic N) is 4. The third kappa shape index (κ3) is 1.70. The smallest absolute Gasteiger partial charge is 0.167 e. The van der Waals surface area contributed by atoms with Crippen molar-refractivity contribution in [2.75, 3.05) is 12.3 Å². The number of aromatic nitrogens is 4. The second kappa shape index (κ2) is 4.59. The predicted octanol–water partition coefficient (Wildman–Crippen LogP) is -0.793. The molecule has 0 aliphatic carbocycles. The van der Waals surface area contributed by atoms with Crippen LogP contribution in [0.5, 0.6) is 0 Å². The van der Waals surface area contributed by atoms with Crippen LogP contribution >= 0.6 is 0 Å². The average molecular weight is 307 g/mol. The summed E-state index contributed by atoms with van der Waals surface area (Å²) in [6, 6.07) is 0. The van der Waals surface area contributed by atoms with Gasteiger partial charge in [-0.15, -0.1) is 0 Å². The lowest BCUT2D eigenvalue weighted by Gasteiger charge is -2.24. The van der Waals surface area contributed by atoms with Gasteiger partial charge < -0.3 is 25.4 Å². The van der Waals surface area contributed by atoms with Crippen molar-refractivity contribution in [3.63, 3.8) is 0 Å². The number of hydrogen-bond acceptors (Lipinski definition) is 8. The van der Waals surface area contributed by atoms with Gasteiger partial charge in [0.15, 0.2) is 17.7 Å². The van der Waals surface area contributed by atoms with Crippen LogP contribution in [0.4, 0.5) is 5.82 Å². The average Bonchev–Trinajstić information content (AvgIpc) is 3.12. The Morgan fingerprint density at radius 3 is 3.00 bits per heavy atom. The summed E-state index contributed by atoms with van der Waals surface area (Å²) >= 11 is 0. The van der Waals surface area contributed by atoms with Crippen molar-refractivity contribution in [1.82, 2.24) is 19.5 Å².